The fourth-order valence-corrected chi connectivity index (χ4v) is 1.74. The highest BCUT2D eigenvalue weighted by Gasteiger charge is 2.30. The van der Waals surface area contributed by atoms with Crippen LogP contribution in [0, 0.1) is 0 Å². The predicted octanol–water partition coefficient (Wildman–Crippen LogP) is 2.36. The number of hydrogen-bond acceptors (Lipinski definition) is 3. The lowest BCUT2D eigenvalue weighted by Gasteiger charge is -2.08. The first-order valence-electron chi connectivity index (χ1n) is 5.99. The van der Waals surface area contributed by atoms with Crippen LogP contribution < -0.4 is 5.56 Å². The van der Waals surface area contributed by atoms with E-state index < -0.39 is 23.3 Å². The predicted molar refractivity (Wildman–Crippen MR) is 67.3 cm³/mol. The number of aromatic amines is 1. The molecule has 8 heteroatoms. The van der Waals surface area contributed by atoms with Crippen molar-refractivity contribution in [2.45, 2.75) is 13.1 Å². The molecule has 1 aromatic heterocycles. The molecule has 0 spiro atoms. The SMILES string of the molecule is CCOC(=O)c1c[nH]n(-c2cccc(C(F)(F)F)c2)c1=O. The number of alkyl halides is 3. The van der Waals surface area contributed by atoms with Gasteiger partial charge in [-0.3, -0.25) is 9.89 Å². The molecule has 0 saturated heterocycles. The number of rotatable bonds is 3. The van der Waals surface area contributed by atoms with Gasteiger partial charge in [-0.1, -0.05) is 6.07 Å². The maximum absolute atomic E-state index is 12.6. The molecule has 0 atom stereocenters. The smallest absolute Gasteiger partial charge is 0.416 e. The zero-order valence-corrected chi connectivity index (χ0v) is 10.9. The quantitative estimate of drug-likeness (QED) is 0.885. The summed E-state index contributed by atoms with van der Waals surface area (Å²) in [5, 5.41) is 2.44. The van der Waals surface area contributed by atoms with Crippen LogP contribution in [0.4, 0.5) is 13.2 Å². The summed E-state index contributed by atoms with van der Waals surface area (Å²) in [5.74, 6) is -0.829. The zero-order chi connectivity index (χ0) is 15.6. The Morgan fingerprint density at radius 2 is 2.10 bits per heavy atom. The molecule has 0 radical (unpaired) electrons. The number of H-pyrrole nitrogens is 1. The van der Waals surface area contributed by atoms with Gasteiger partial charge in [-0.15, -0.1) is 0 Å². The van der Waals surface area contributed by atoms with E-state index in [1.165, 1.54) is 12.1 Å². The van der Waals surface area contributed by atoms with Crippen molar-refractivity contribution in [3.8, 4) is 5.69 Å². The van der Waals surface area contributed by atoms with Crippen molar-refractivity contribution in [1.82, 2.24) is 9.78 Å². The standard InChI is InChI=1S/C13H11F3N2O3/c1-2-21-12(20)10-7-17-18(11(10)19)9-5-3-4-8(6-9)13(14,15)16/h3-7,17H,2H2,1H3. The molecule has 1 aromatic carbocycles. The Bertz CT molecular complexity index is 716. The van der Waals surface area contributed by atoms with Crippen molar-refractivity contribution in [2.24, 2.45) is 0 Å². The molecule has 5 nitrogen and oxygen atoms in total. The lowest BCUT2D eigenvalue weighted by atomic mass is 10.2. The molecule has 0 aliphatic heterocycles. The summed E-state index contributed by atoms with van der Waals surface area (Å²) >= 11 is 0. The first-order valence-corrected chi connectivity index (χ1v) is 5.99. The number of halogens is 3. The Kier molecular flexibility index (Phi) is 3.88. The second-order valence-corrected chi connectivity index (χ2v) is 4.10. The average molecular weight is 300 g/mol. The van der Waals surface area contributed by atoms with Crippen LogP contribution in [-0.2, 0) is 10.9 Å². The Labute approximate surface area is 116 Å². The molecule has 1 N–H and O–H groups in total. The highest BCUT2D eigenvalue weighted by Crippen LogP contribution is 2.29. The lowest BCUT2D eigenvalue weighted by molar-refractivity contribution is -0.137. The number of hydrogen-bond donors (Lipinski definition) is 1. The molecule has 0 amide bonds. The lowest BCUT2D eigenvalue weighted by Crippen LogP contribution is -2.21. The third-order valence-electron chi connectivity index (χ3n) is 2.70. The summed E-state index contributed by atoms with van der Waals surface area (Å²) in [6.07, 6.45) is -3.42. The van der Waals surface area contributed by atoms with Crippen molar-refractivity contribution in [3.05, 3.63) is 51.9 Å². The van der Waals surface area contributed by atoms with Gasteiger partial charge in [0.25, 0.3) is 5.56 Å². The normalized spacial score (nSPS) is 11.4. The summed E-state index contributed by atoms with van der Waals surface area (Å²) in [7, 11) is 0. The maximum atomic E-state index is 12.6. The molecule has 0 saturated carbocycles. The van der Waals surface area contributed by atoms with Crippen molar-refractivity contribution in [1.29, 1.82) is 0 Å². The number of ether oxygens (including phenoxy) is 1. The van der Waals surface area contributed by atoms with Gasteiger partial charge in [0.1, 0.15) is 5.56 Å². The van der Waals surface area contributed by atoms with Crippen LogP contribution in [-0.4, -0.2) is 22.4 Å². The van der Waals surface area contributed by atoms with Crippen LogP contribution in [0.15, 0.2) is 35.3 Å². The molecule has 21 heavy (non-hydrogen) atoms. The van der Waals surface area contributed by atoms with Gasteiger partial charge >= 0.3 is 12.1 Å². The molecule has 0 aliphatic carbocycles. The van der Waals surface area contributed by atoms with Gasteiger partial charge < -0.3 is 4.74 Å². The van der Waals surface area contributed by atoms with Gasteiger partial charge in [0, 0.05) is 6.20 Å². The Balaban J connectivity index is 2.45. The van der Waals surface area contributed by atoms with Crippen LogP contribution in [0.25, 0.3) is 5.69 Å². The molecule has 112 valence electrons. The molecule has 2 rings (SSSR count). The molecular weight excluding hydrogens is 289 g/mol. The first-order chi connectivity index (χ1) is 9.84. The van der Waals surface area contributed by atoms with Crippen LogP contribution in [0.2, 0.25) is 0 Å². The second kappa shape index (κ2) is 5.47. The van der Waals surface area contributed by atoms with Crippen LogP contribution in [0.1, 0.15) is 22.8 Å². The van der Waals surface area contributed by atoms with E-state index in [1.54, 1.807) is 6.92 Å². The van der Waals surface area contributed by atoms with Crippen LogP contribution in [0.5, 0.6) is 0 Å². The topological polar surface area (TPSA) is 64.1 Å². The third-order valence-corrected chi connectivity index (χ3v) is 2.70. The van der Waals surface area contributed by atoms with Gasteiger partial charge in [0.05, 0.1) is 17.9 Å². The molecule has 0 fully saturated rings. The molecule has 0 aliphatic rings. The maximum Gasteiger partial charge on any atom is 0.416 e. The summed E-state index contributed by atoms with van der Waals surface area (Å²) in [6, 6.07) is 4.20. The van der Waals surface area contributed by atoms with Crippen molar-refractivity contribution in [2.75, 3.05) is 6.61 Å². The monoisotopic (exact) mass is 300 g/mol. The van der Waals surface area contributed by atoms with E-state index in [-0.39, 0.29) is 17.9 Å². The molecular formula is C13H11F3N2O3. The number of nitrogens with one attached hydrogen (secondary N) is 1. The van der Waals surface area contributed by atoms with E-state index >= 15 is 0 Å². The van der Waals surface area contributed by atoms with Crippen LogP contribution >= 0.6 is 0 Å². The van der Waals surface area contributed by atoms with Gasteiger partial charge in [-0.2, -0.15) is 13.2 Å². The molecule has 1 heterocycles. The fourth-order valence-electron chi connectivity index (χ4n) is 1.74. The highest BCUT2D eigenvalue weighted by atomic mass is 19.4. The Morgan fingerprint density at radius 1 is 1.38 bits per heavy atom. The largest absolute Gasteiger partial charge is 0.462 e. The molecule has 0 unspecified atom stereocenters. The van der Waals surface area contributed by atoms with E-state index in [4.69, 9.17) is 0 Å². The summed E-state index contributed by atoms with van der Waals surface area (Å²) in [6.45, 7) is 1.67. The van der Waals surface area contributed by atoms with Crippen molar-refractivity contribution in [3.63, 3.8) is 0 Å². The summed E-state index contributed by atoms with van der Waals surface area (Å²) < 4.78 is 43.5. The van der Waals surface area contributed by atoms with E-state index in [1.807, 2.05) is 0 Å². The zero-order valence-electron chi connectivity index (χ0n) is 10.9. The van der Waals surface area contributed by atoms with E-state index in [0.717, 1.165) is 23.0 Å². The number of nitrogens with zero attached hydrogens (tertiary/aromatic N) is 1. The number of carbonyl (C=O) groups is 1. The second-order valence-electron chi connectivity index (χ2n) is 4.10. The minimum atomic E-state index is -4.52. The third kappa shape index (κ3) is 2.99. The number of aromatic nitrogens is 2. The van der Waals surface area contributed by atoms with Gasteiger partial charge in [0.15, 0.2) is 0 Å². The molecule has 2 aromatic rings. The number of carbonyl (C=O) groups excluding carboxylic acids is 1. The Morgan fingerprint density at radius 3 is 2.71 bits per heavy atom. The molecule has 0 bridgehead atoms. The van der Waals surface area contributed by atoms with Crippen molar-refractivity contribution < 1.29 is 22.7 Å². The van der Waals surface area contributed by atoms with Gasteiger partial charge in [0.2, 0.25) is 0 Å². The summed E-state index contributed by atoms with van der Waals surface area (Å²) in [5.41, 5.74) is -1.95. The summed E-state index contributed by atoms with van der Waals surface area (Å²) in [4.78, 5) is 23.5. The fraction of sp³-hybridized carbons (Fsp3) is 0.231. The van der Waals surface area contributed by atoms with E-state index in [9.17, 15) is 22.8 Å². The van der Waals surface area contributed by atoms with E-state index in [2.05, 4.69) is 9.84 Å². The average Bonchev–Trinajstić information content (AvgIpc) is 2.80. The number of esters is 1. The minimum absolute atomic E-state index is 0.0228. The minimum Gasteiger partial charge on any atom is -0.462 e. The number of benzene rings is 1. The van der Waals surface area contributed by atoms with Gasteiger partial charge in [-0.05, 0) is 25.1 Å². The first kappa shape index (κ1) is 14.9. The Hall–Kier alpha value is -2.51. The highest BCUT2D eigenvalue weighted by molar-refractivity contribution is 5.88. The van der Waals surface area contributed by atoms with Crippen molar-refractivity contribution >= 4 is 5.97 Å². The van der Waals surface area contributed by atoms with Crippen LogP contribution in [0.3, 0.4) is 0 Å². The van der Waals surface area contributed by atoms with Gasteiger partial charge in [-0.25, -0.2) is 9.48 Å². The van der Waals surface area contributed by atoms with E-state index in [0.29, 0.717) is 0 Å².